The van der Waals surface area contributed by atoms with Gasteiger partial charge in [-0.3, -0.25) is 0 Å². The second-order valence-electron chi connectivity index (χ2n) is 5.62. The molecule has 1 saturated carbocycles. The van der Waals surface area contributed by atoms with E-state index in [9.17, 15) is 0 Å². The van der Waals surface area contributed by atoms with Crippen molar-refractivity contribution in [3.63, 3.8) is 0 Å². The van der Waals surface area contributed by atoms with Crippen LogP contribution in [0.25, 0.3) is 0 Å². The van der Waals surface area contributed by atoms with Crippen molar-refractivity contribution in [3.8, 4) is 5.75 Å². The minimum atomic E-state index is 0.0475. The number of hydrogen-bond donors (Lipinski definition) is 1. The molecule has 0 heterocycles. The normalized spacial score (nSPS) is 15.7. The van der Waals surface area contributed by atoms with Gasteiger partial charge in [-0.25, -0.2) is 0 Å². The van der Waals surface area contributed by atoms with Crippen LogP contribution in [0.15, 0.2) is 53.4 Å². The van der Waals surface area contributed by atoms with Crippen LogP contribution < -0.4 is 10.5 Å². The van der Waals surface area contributed by atoms with Gasteiger partial charge in [-0.15, -0.1) is 11.8 Å². The monoisotopic (exact) mass is 299 g/mol. The summed E-state index contributed by atoms with van der Waals surface area (Å²) in [5.41, 5.74) is 8.73. The van der Waals surface area contributed by atoms with Crippen LogP contribution in [0, 0.1) is 6.92 Å². The summed E-state index contributed by atoms with van der Waals surface area (Å²) in [6, 6.07) is 16.9. The number of ether oxygens (including phenoxy) is 1. The SMILES string of the molecule is Cc1ccc(SCC(N)c2ccc(OC3CC3)cc2)cc1. The quantitative estimate of drug-likeness (QED) is 0.806. The van der Waals surface area contributed by atoms with Gasteiger partial charge < -0.3 is 10.5 Å². The number of rotatable bonds is 6. The van der Waals surface area contributed by atoms with Gasteiger partial charge in [-0.1, -0.05) is 29.8 Å². The van der Waals surface area contributed by atoms with Crippen LogP contribution >= 0.6 is 11.8 Å². The Hall–Kier alpha value is -1.45. The zero-order valence-corrected chi connectivity index (χ0v) is 13.1. The fraction of sp³-hybridized carbons (Fsp3) is 0.333. The van der Waals surface area contributed by atoms with E-state index in [1.165, 1.54) is 23.3 Å². The molecule has 1 aliphatic rings. The van der Waals surface area contributed by atoms with Crippen molar-refractivity contribution in [1.82, 2.24) is 0 Å². The Bertz CT molecular complexity index is 575. The van der Waals surface area contributed by atoms with E-state index in [-0.39, 0.29) is 6.04 Å². The van der Waals surface area contributed by atoms with Gasteiger partial charge in [-0.05, 0) is 49.6 Å². The summed E-state index contributed by atoms with van der Waals surface area (Å²) in [4.78, 5) is 1.27. The zero-order valence-electron chi connectivity index (χ0n) is 12.3. The van der Waals surface area contributed by atoms with E-state index in [2.05, 4.69) is 43.3 Å². The van der Waals surface area contributed by atoms with Gasteiger partial charge >= 0.3 is 0 Å². The Morgan fingerprint density at radius 2 is 1.76 bits per heavy atom. The summed E-state index contributed by atoms with van der Waals surface area (Å²) in [5, 5.41) is 0. The van der Waals surface area contributed by atoms with Crippen molar-refractivity contribution in [2.45, 2.75) is 36.8 Å². The Morgan fingerprint density at radius 3 is 2.38 bits per heavy atom. The van der Waals surface area contributed by atoms with Gasteiger partial charge in [0.15, 0.2) is 0 Å². The summed E-state index contributed by atoms with van der Waals surface area (Å²) < 4.78 is 5.75. The van der Waals surface area contributed by atoms with Crippen LogP contribution in [-0.4, -0.2) is 11.9 Å². The zero-order chi connectivity index (χ0) is 14.7. The van der Waals surface area contributed by atoms with Gasteiger partial charge in [0.2, 0.25) is 0 Å². The predicted molar refractivity (Wildman–Crippen MR) is 88.9 cm³/mol. The van der Waals surface area contributed by atoms with Crippen molar-refractivity contribution in [3.05, 3.63) is 59.7 Å². The lowest BCUT2D eigenvalue weighted by atomic mass is 10.1. The standard InChI is InChI=1S/C18H21NOS/c1-13-2-10-17(11-3-13)21-12-18(19)14-4-6-15(7-5-14)20-16-8-9-16/h2-7,10-11,16,18H,8-9,12,19H2,1H3. The molecule has 1 atom stereocenters. The number of aryl methyl sites for hydroxylation is 1. The van der Waals surface area contributed by atoms with Crippen molar-refractivity contribution >= 4 is 11.8 Å². The molecule has 1 fully saturated rings. The maximum absolute atomic E-state index is 6.27. The maximum Gasteiger partial charge on any atom is 0.119 e. The van der Waals surface area contributed by atoms with Gasteiger partial charge in [-0.2, -0.15) is 0 Å². The van der Waals surface area contributed by atoms with Crippen LogP contribution in [-0.2, 0) is 0 Å². The molecule has 0 aromatic heterocycles. The van der Waals surface area contributed by atoms with E-state index in [0.29, 0.717) is 6.10 Å². The first-order chi connectivity index (χ1) is 10.2. The smallest absolute Gasteiger partial charge is 0.119 e. The van der Waals surface area contributed by atoms with E-state index in [0.717, 1.165) is 17.1 Å². The molecule has 1 aliphatic carbocycles. The molecule has 0 aliphatic heterocycles. The molecule has 2 nitrogen and oxygen atoms in total. The topological polar surface area (TPSA) is 35.2 Å². The van der Waals surface area contributed by atoms with Crippen molar-refractivity contribution in [2.75, 3.05) is 5.75 Å². The van der Waals surface area contributed by atoms with Crippen LogP contribution in [0.3, 0.4) is 0 Å². The van der Waals surface area contributed by atoms with Crippen molar-refractivity contribution in [2.24, 2.45) is 5.73 Å². The van der Waals surface area contributed by atoms with Gasteiger partial charge in [0.25, 0.3) is 0 Å². The molecule has 0 saturated heterocycles. The van der Waals surface area contributed by atoms with Crippen molar-refractivity contribution in [1.29, 1.82) is 0 Å². The second kappa shape index (κ2) is 6.54. The molecule has 2 N–H and O–H groups in total. The molecule has 110 valence electrons. The van der Waals surface area contributed by atoms with E-state index in [1.54, 1.807) is 11.8 Å². The number of benzene rings is 2. The fourth-order valence-corrected chi connectivity index (χ4v) is 2.98. The minimum absolute atomic E-state index is 0.0475. The average molecular weight is 299 g/mol. The fourth-order valence-electron chi connectivity index (χ4n) is 2.09. The lowest BCUT2D eigenvalue weighted by Crippen LogP contribution is -2.12. The number of hydrogen-bond acceptors (Lipinski definition) is 3. The third kappa shape index (κ3) is 4.26. The van der Waals surface area contributed by atoms with E-state index in [4.69, 9.17) is 10.5 Å². The molecule has 2 aromatic carbocycles. The molecule has 1 unspecified atom stereocenters. The highest BCUT2D eigenvalue weighted by Crippen LogP contribution is 2.28. The Kier molecular flexibility index (Phi) is 4.51. The summed E-state index contributed by atoms with van der Waals surface area (Å²) in [5.74, 6) is 1.84. The largest absolute Gasteiger partial charge is 0.490 e. The van der Waals surface area contributed by atoms with Gasteiger partial charge in [0.05, 0.1) is 6.10 Å². The Labute approximate surface area is 130 Å². The van der Waals surface area contributed by atoms with Crippen LogP contribution in [0.5, 0.6) is 5.75 Å². The van der Waals surface area contributed by atoms with Gasteiger partial charge in [0, 0.05) is 16.7 Å². The van der Waals surface area contributed by atoms with Crippen LogP contribution in [0.2, 0.25) is 0 Å². The maximum atomic E-state index is 6.27. The van der Waals surface area contributed by atoms with Crippen molar-refractivity contribution < 1.29 is 4.74 Å². The lowest BCUT2D eigenvalue weighted by Gasteiger charge is -2.13. The molecule has 21 heavy (non-hydrogen) atoms. The highest BCUT2D eigenvalue weighted by Gasteiger charge is 2.23. The molecular formula is C18H21NOS. The minimum Gasteiger partial charge on any atom is -0.490 e. The Balaban J connectivity index is 1.54. The summed E-state index contributed by atoms with van der Waals surface area (Å²) in [6.45, 7) is 2.10. The van der Waals surface area contributed by atoms with E-state index >= 15 is 0 Å². The molecule has 3 rings (SSSR count). The molecule has 3 heteroatoms. The summed E-state index contributed by atoms with van der Waals surface area (Å²) >= 11 is 1.80. The lowest BCUT2D eigenvalue weighted by molar-refractivity contribution is 0.303. The second-order valence-corrected chi connectivity index (χ2v) is 6.71. The van der Waals surface area contributed by atoms with E-state index < -0.39 is 0 Å². The molecule has 0 amide bonds. The number of nitrogens with two attached hydrogens (primary N) is 1. The average Bonchev–Trinajstić information content (AvgIpc) is 3.31. The first kappa shape index (κ1) is 14.5. The summed E-state index contributed by atoms with van der Waals surface area (Å²) in [6.07, 6.45) is 2.82. The molecule has 0 spiro atoms. The first-order valence-electron chi connectivity index (χ1n) is 7.42. The third-order valence-electron chi connectivity index (χ3n) is 3.59. The molecule has 0 radical (unpaired) electrons. The summed E-state index contributed by atoms with van der Waals surface area (Å²) in [7, 11) is 0. The van der Waals surface area contributed by atoms with Crippen LogP contribution in [0.1, 0.15) is 30.0 Å². The molecular weight excluding hydrogens is 278 g/mol. The first-order valence-corrected chi connectivity index (χ1v) is 8.41. The molecule has 2 aromatic rings. The molecule has 0 bridgehead atoms. The van der Waals surface area contributed by atoms with Gasteiger partial charge in [0.1, 0.15) is 5.75 Å². The highest BCUT2D eigenvalue weighted by atomic mass is 32.2. The highest BCUT2D eigenvalue weighted by molar-refractivity contribution is 7.99. The van der Waals surface area contributed by atoms with Crippen LogP contribution in [0.4, 0.5) is 0 Å². The number of thioether (sulfide) groups is 1. The van der Waals surface area contributed by atoms with E-state index in [1.807, 2.05) is 12.1 Å². The predicted octanol–water partition coefficient (Wildman–Crippen LogP) is 4.33. The Morgan fingerprint density at radius 1 is 1.10 bits per heavy atom. The third-order valence-corrected chi connectivity index (χ3v) is 4.72.